The molecule has 0 aromatic heterocycles. The molecule has 0 amide bonds. The Balaban J connectivity index is 1.69. The molecule has 0 spiro atoms. The minimum Gasteiger partial charge on any atom is -0.369 e. The zero-order chi connectivity index (χ0) is 19.1. The van der Waals surface area contributed by atoms with Gasteiger partial charge >= 0.3 is 0 Å². The van der Waals surface area contributed by atoms with Gasteiger partial charge in [0, 0.05) is 12.2 Å². The fraction of sp³-hybridized carbons (Fsp3) is 0.440. The normalized spacial score (nSPS) is 21.0. The quantitative estimate of drug-likeness (QED) is 0.449. The Hall–Kier alpha value is -1.93. The summed E-state index contributed by atoms with van der Waals surface area (Å²) < 4.78 is 20.1. The third-order valence-electron chi connectivity index (χ3n) is 5.86. The van der Waals surface area contributed by atoms with Crippen LogP contribution in [0.25, 0.3) is 0 Å². The van der Waals surface area contributed by atoms with E-state index in [0.717, 1.165) is 17.9 Å². The minimum absolute atomic E-state index is 0.210. The Morgan fingerprint density at radius 3 is 2.41 bits per heavy atom. The summed E-state index contributed by atoms with van der Waals surface area (Å²) in [5.41, 5.74) is 3.03. The number of hydrogen-bond donors (Lipinski definition) is 0. The van der Waals surface area contributed by atoms with E-state index in [1.54, 1.807) is 6.07 Å². The van der Waals surface area contributed by atoms with Crippen LogP contribution in [0.1, 0.15) is 74.2 Å². The molecule has 0 aliphatic heterocycles. The van der Waals surface area contributed by atoms with E-state index >= 15 is 0 Å². The van der Waals surface area contributed by atoms with Crippen molar-refractivity contribution in [2.24, 2.45) is 5.92 Å². The molecule has 2 aromatic carbocycles. The summed E-state index contributed by atoms with van der Waals surface area (Å²) in [6.07, 6.45) is 9.28. The van der Waals surface area contributed by atoms with E-state index in [1.807, 2.05) is 25.1 Å². The van der Waals surface area contributed by atoms with Crippen molar-refractivity contribution in [1.29, 1.82) is 0 Å². The van der Waals surface area contributed by atoms with Crippen LogP contribution in [0, 0.1) is 11.7 Å². The molecule has 1 nitrogen and oxygen atoms in total. The Morgan fingerprint density at radius 2 is 1.78 bits per heavy atom. The first kappa shape index (κ1) is 19.8. The van der Waals surface area contributed by atoms with Crippen LogP contribution >= 0.6 is 0 Å². The summed E-state index contributed by atoms with van der Waals surface area (Å²) >= 11 is 0. The lowest BCUT2D eigenvalue weighted by Crippen LogP contribution is -2.13. The molecule has 3 rings (SSSR count). The number of hydrogen-bond acceptors (Lipinski definition) is 1. The van der Waals surface area contributed by atoms with Crippen molar-refractivity contribution in [3.8, 4) is 0 Å². The van der Waals surface area contributed by atoms with Gasteiger partial charge in [-0.15, -0.1) is 6.58 Å². The summed E-state index contributed by atoms with van der Waals surface area (Å²) in [5.74, 6) is 1.30. The van der Waals surface area contributed by atoms with Gasteiger partial charge in [-0.1, -0.05) is 48.5 Å². The second-order valence-corrected chi connectivity index (χ2v) is 7.61. The van der Waals surface area contributed by atoms with Crippen LogP contribution in [-0.4, -0.2) is 6.61 Å². The topological polar surface area (TPSA) is 9.23 Å². The van der Waals surface area contributed by atoms with Gasteiger partial charge in [-0.25, -0.2) is 4.39 Å². The molecule has 2 aromatic rings. The maximum atomic E-state index is 14.3. The van der Waals surface area contributed by atoms with Gasteiger partial charge in [-0.3, -0.25) is 0 Å². The lowest BCUT2D eigenvalue weighted by molar-refractivity contribution is 0.0887. The average molecular weight is 367 g/mol. The first-order chi connectivity index (χ1) is 13.2. The molecular weight excluding hydrogens is 335 g/mol. The lowest BCUT2D eigenvalue weighted by atomic mass is 9.77. The molecular formula is C25H31FO. The summed E-state index contributed by atoms with van der Waals surface area (Å²) in [5, 5.41) is 0. The van der Waals surface area contributed by atoms with Crippen LogP contribution in [0.15, 0.2) is 61.2 Å². The van der Waals surface area contributed by atoms with Crippen molar-refractivity contribution < 1.29 is 9.13 Å². The third-order valence-corrected chi connectivity index (χ3v) is 5.86. The molecule has 1 aliphatic carbocycles. The molecule has 0 radical (unpaired) electrons. The first-order valence-corrected chi connectivity index (χ1v) is 10.3. The van der Waals surface area contributed by atoms with Crippen LogP contribution in [0.5, 0.6) is 0 Å². The van der Waals surface area contributed by atoms with Gasteiger partial charge in [-0.05, 0) is 74.5 Å². The van der Waals surface area contributed by atoms with Gasteiger partial charge in [0.2, 0.25) is 0 Å². The molecule has 0 saturated heterocycles. The molecule has 144 valence electrons. The first-order valence-electron chi connectivity index (χ1n) is 10.3. The van der Waals surface area contributed by atoms with Crippen LogP contribution in [0.4, 0.5) is 4.39 Å². The zero-order valence-electron chi connectivity index (χ0n) is 16.4. The van der Waals surface area contributed by atoms with Gasteiger partial charge in [0.1, 0.15) is 11.9 Å². The monoisotopic (exact) mass is 366 g/mol. The summed E-state index contributed by atoms with van der Waals surface area (Å²) in [7, 11) is 0. The molecule has 1 atom stereocenters. The molecule has 1 aliphatic rings. The van der Waals surface area contributed by atoms with Crippen molar-refractivity contribution in [2.45, 2.75) is 57.5 Å². The van der Waals surface area contributed by atoms with E-state index in [-0.39, 0.29) is 11.9 Å². The second kappa shape index (κ2) is 9.85. The molecule has 0 heterocycles. The maximum absolute atomic E-state index is 14.3. The van der Waals surface area contributed by atoms with Crippen LogP contribution < -0.4 is 0 Å². The van der Waals surface area contributed by atoms with E-state index in [4.69, 9.17) is 4.74 Å². The van der Waals surface area contributed by atoms with Gasteiger partial charge in [0.25, 0.3) is 0 Å². The Morgan fingerprint density at radius 1 is 1.07 bits per heavy atom. The molecule has 27 heavy (non-hydrogen) atoms. The highest BCUT2D eigenvalue weighted by Crippen LogP contribution is 2.38. The number of halogens is 1. The highest BCUT2D eigenvalue weighted by molar-refractivity contribution is 5.34. The lowest BCUT2D eigenvalue weighted by Gasteiger charge is -2.29. The smallest absolute Gasteiger partial charge is 0.129 e. The molecule has 0 bridgehead atoms. The SMILES string of the molecule is C=CCC[C@H]1CC[C@H](c2ccc(C(OCC)c3ccccc3F)cc2)CC1. The van der Waals surface area contributed by atoms with Crippen molar-refractivity contribution in [2.75, 3.05) is 6.61 Å². The average Bonchev–Trinajstić information content (AvgIpc) is 2.72. The summed E-state index contributed by atoms with van der Waals surface area (Å²) in [6, 6.07) is 15.6. The van der Waals surface area contributed by atoms with Crippen molar-refractivity contribution in [3.63, 3.8) is 0 Å². The minimum atomic E-state index is -0.347. The van der Waals surface area contributed by atoms with E-state index in [9.17, 15) is 4.39 Å². The van der Waals surface area contributed by atoms with Gasteiger partial charge in [0.05, 0.1) is 0 Å². The van der Waals surface area contributed by atoms with Crippen LogP contribution in [-0.2, 0) is 4.74 Å². The van der Waals surface area contributed by atoms with Gasteiger partial charge < -0.3 is 4.74 Å². The number of benzene rings is 2. The predicted octanol–water partition coefficient (Wildman–Crippen LogP) is 7.19. The molecule has 2 heteroatoms. The largest absolute Gasteiger partial charge is 0.369 e. The Labute approximate surface area is 163 Å². The fourth-order valence-corrected chi connectivity index (χ4v) is 4.30. The highest BCUT2D eigenvalue weighted by atomic mass is 19.1. The van der Waals surface area contributed by atoms with Gasteiger partial charge in [-0.2, -0.15) is 0 Å². The van der Waals surface area contributed by atoms with Crippen LogP contribution in [0.3, 0.4) is 0 Å². The fourth-order valence-electron chi connectivity index (χ4n) is 4.30. The predicted molar refractivity (Wildman–Crippen MR) is 110 cm³/mol. The van der Waals surface area contributed by atoms with Crippen LogP contribution in [0.2, 0.25) is 0 Å². The molecule has 0 N–H and O–H groups in total. The Bertz CT molecular complexity index is 713. The second-order valence-electron chi connectivity index (χ2n) is 7.61. The van der Waals surface area contributed by atoms with E-state index in [0.29, 0.717) is 18.1 Å². The van der Waals surface area contributed by atoms with E-state index < -0.39 is 0 Å². The zero-order valence-corrected chi connectivity index (χ0v) is 16.4. The Kier molecular flexibility index (Phi) is 7.23. The van der Waals surface area contributed by atoms with Crippen molar-refractivity contribution in [3.05, 3.63) is 83.7 Å². The van der Waals surface area contributed by atoms with E-state index in [1.165, 1.54) is 43.7 Å². The molecule has 1 saturated carbocycles. The summed E-state index contributed by atoms with van der Waals surface area (Å²) in [6.45, 7) is 6.34. The molecule has 1 unspecified atom stereocenters. The highest BCUT2D eigenvalue weighted by Gasteiger charge is 2.23. The third kappa shape index (κ3) is 5.07. The standard InChI is InChI=1S/C25H31FO/c1-3-5-8-19-11-13-20(14-12-19)21-15-17-22(18-16-21)25(27-4-2)23-9-6-7-10-24(23)26/h3,6-7,9-10,15-20,25H,1,4-5,8,11-14H2,2H3/t19-,20-,25?. The van der Waals surface area contributed by atoms with Gasteiger partial charge in [0.15, 0.2) is 0 Å². The van der Waals surface area contributed by atoms with Crippen molar-refractivity contribution in [1.82, 2.24) is 0 Å². The number of ether oxygens (including phenoxy) is 1. The summed E-state index contributed by atoms with van der Waals surface area (Å²) in [4.78, 5) is 0. The van der Waals surface area contributed by atoms with E-state index in [2.05, 4.69) is 30.8 Å². The number of rotatable bonds is 8. The molecule has 1 fully saturated rings. The maximum Gasteiger partial charge on any atom is 0.129 e. The van der Waals surface area contributed by atoms with Crippen molar-refractivity contribution >= 4 is 0 Å². The number of allylic oxidation sites excluding steroid dienone is 1.